The second kappa shape index (κ2) is 7.69. The smallest absolute Gasteiger partial charge is 0.165 e. The molecule has 0 saturated heterocycles. The molecule has 1 N–H and O–H groups in total. The lowest BCUT2D eigenvalue weighted by Gasteiger charge is -2.34. The standard InChI is InChI=1S/C14H28N6/c1-4-5-10-20-14(16-17-18-20)11-19(3)13-8-6-12(15-2)7-9-13/h12-13,15H,4-11H2,1-3H3. The van der Waals surface area contributed by atoms with Crippen LogP contribution in [0.5, 0.6) is 0 Å². The third-order valence-corrected chi connectivity index (χ3v) is 4.45. The average molecular weight is 280 g/mol. The third kappa shape index (κ3) is 3.99. The van der Waals surface area contributed by atoms with Gasteiger partial charge in [-0.1, -0.05) is 13.3 Å². The third-order valence-electron chi connectivity index (χ3n) is 4.45. The Hall–Kier alpha value is -1.01. The van der Waals surface area contributed by atoms with Gasteiger partial charge in [0.25, 0.3) is 0 Å². The fraction of sp³-hybridized carbons (Fsp3) is 0.929. The minimum atomic E-state index is 0.663. The van der Waals surface area contributed by atoms with Crippen LogP contribution in [0.3, 0.4) is 0 Å². The van der Waals surface area contributed by atoms with Gasteiger partial charge in [0.2, 0.25) is 0 Å². The zero-order valence-electron chi connectivity index (χ0n) is 13.0. The average Bonchev–Trinajstić information content (AvgIpc) is 2.92. The normalized spacial score (nSPS) is 23.4. The first kappa shape index (κ1) is 15.4. The molecule has 1 aromatic rings. The van der Waals surface area contributed by atoms with E-state index in [4.69, 9.17) is 0 Å². The molecule has 0 bridgehead atoms. The quantitative estimate of drug-likeness (QED) is 0.819. The zero-order valence-corrected chi connectivity index (χ0v) is 13.0. The van der Waals surface area contributed by atoms with Gasteiger partial charge in [-0.15, -0.1) is 5.10 Å². The fourth-order valence-electron chi connectivity index (χ4n) is 2.98. The van der Waals surface area contributed by atoms with Crippen LogP contribution in [0.4, 0.5) is 0 Å². The van der Waals surface area contributed by atoms with Crippen molar-refractivity contribution in [2.24, 2.45) is 0 Å². The van der Waals surface area contributed by atoms with Crippen molar-refractivity contribution < 1.29 is 0 Å². The first-order valence-corrected chi connectivity index (χ1v) is 7.87. The van der Waals surface area contributed by atoms with Gasteiger partial charge < -0.3 is 5.32 Å². The summed E-state index contributed by atoms with van der Waals surface area (Å²) in [7, 11) is 4.26. The van der Waals surface area contributed by atoms with Gasteiger partial charge in [0.1, 0.15) is 0 Å². The molecule has 1 aromatic heterocycles. The SMILES string of the molecule is CCCCn1nnnc1CN(C)C1CCC(NC)CC1. The number of rotatable bonds is 7. The van der Waals surface area contributed by atoms with Crippen LogP contribution in [0.25, 0.3) is 0 Å². The first-order chi connectivity index (χ1) is 9.74. The van der Waals surface area contributed by atoms with Crippen LogP contribution in [0.2, 0.25) is 0 Å². The number of hydrogen-bond acceptors (Lipinski definition) is 5. The Bertz CT molecular complexity index is 383. The molecule has 1 heterocycles. The Kier molecular flexibility index (Phi) is 5.91. The first-order valence-electron chi connectivity index (χ1n) is 7.87. The van der Waals surface area contributed by atoms with E-state index in [1.165, 1.54) is 32.1 Å². The molecule has 1 saturated carbocycles. The molecule has 2 rings (SSSR count). The second-order valence-electron chi connectivity index (χ2n) is 5.88. The Morgan fingerprint density at radius 2 is 2.05 bits per heavy atom. The van der Waals surface area contributed by atoms with Gasteiger partial charge in [-0.05, 0) is 56.6 Å². The van der Waals surface area contributed by atoms with Gasteiger partial charge in [0.05, 0.1) is 6.54 Å². The summed E-state index contributed by atoms with van der Waals surface area (Å²) in [6.45, 7) is 3.97. The minimum Gasteiger partial charge on any atom is -0.317 e. The Balaban J connectivity index is 1.85. The monoisotopic (exact) mass is 280 g/mol. The number of hydrogen-bond donors (Lipinski definition) is 1. The topological polar surface area (TPSA) is 58.9 Å². The molecule has 0 unspecified atom stereocenters. The maximum absolute atomic E-state index is 4.18. The summed E-state index contributed by atoms with van der Waals surface area (Å²) < 4.78 is 1.96. The molecule has 20 heavy (non-hydrogen) atoms. The van der Waals surface area contributed by atoms with Crippen molar-refractivity contribution in [2.45, 2.75) is 70.6 Å². The largest absolute Gasteiger partial charge is 0.317 e. The summed E-state index contributed by atoms with van der Waals surface area (Å²) in [5.74, 6) is 0.997. The summed E-state index contributed by atoms with van der Waals surface area (Å²) in [5.41, 5.74) is 0. The number of nitrogens with zero attached hydrogens (tertiary/aromatic N) is 5. The van der Waals surface area contributed by atoms with Crippen molar-refractivity contribution in [2.75, 3.05) is 14.1 Å². The van der Waals surface area contributed by atoms with Gasteiger partial charge in [-0.2, -0.15) is 0 Å². The van der Waals surface area contributed by atoms with E-state index in [9.17, 15) is 0 Å². The van der Waals surface area contributed by atoms with E-state index in [0.717, 1.165) is 25.3 Å². The van der Waals surface area contributed by atoms with Crippen LogP contribution >= 0.6 is 0 Å². The Labute approximate surface area is 121 Å². The number of nitrogens with one attached hydrogen (secondary N) is 1. The summed E-state index contributed by atoms with van der Waals surface area (Å²) >= 11 is 0. The predicted molar refractivity (Wildman–Crippen MR) is 79.3 cm³/mol. The van der Waals surface area contributed by atoms with E-state index < -0.39 is 0 Å². The molecule has 1 aliphatic rings. The van der Waals surface area contributed by atoms with E-state index in [1.54, 1.807) is 0 Å². The van der Waals surface area contributed by atoms with Crippen molar-refractivity contribution in [1.29, 1.82) is 0 Å². The minimum absolute atomic E-state index is 0.663. The van der Waals surface area contributed by atoms with Gasteiger partial charge in [0.15, 0.2) is 5.82 Å². The lowest BCUT2D eigenvalue weighted by atomic mass is 9.90. The van der Waals surface area contributed by atoms with E-state index >= 15 is 0 Å². The summed E-state index contributed by atoms with van der Waals surface area (Å²) in [5, 5.41) is 15.5. The molecule has 0 spiro atoms. The summed E-state index contributed by atoms with van der Waals surface area (Å²) in [6, 6.07) is 1.37. The molecular weight excluding hydrogens is 252 g/mol. The number of unbranched alkanes of at least 4 members (excludes halogenated alkanes) is 1. The molecule has 1 aliphatic carbocycles. The van der Waals surface area contributed by atoms with Gasteiger partial charge in [-0.25, -0.2) is 4.68 Å². The van der Waals surface area contributed by atoms with Crippen LogP contribution in [-0.4, -0.2) is 51.3 Å². The highest BCUT2D eigenvalue weighted by atomic mass is 15.5. The molecule has 0 aromatic carbocycles. The Morgan fingerprint density at radius 3 is 2.70 bits per heavy atom. The van der Waals surface area contributed by atoms with Crippen molar-refractivity contribution >= 4 is 0 Å². The Morgan fingerprint density at radius 1 is 1.30 bits per heavy atom. The van der Waals surface area contributed by atoms with Crippen LogP contribution in [0.15, 0.2) is 0 Å². The number of aromatic nitrogens is 4. The van der Waals surface area contributed by atoms with Crippen LogP contribution < -0.4 is 5.32 Å². The predicted octanol–water partition coefficient (Wildman–Crippen LogP) is 1.44. The molecule has 114 valence electrons. The molecular formula is C14H28N6. The van der Waals surface area contributed by atoms with Crippen molar-refractivity contribution in [3.05, 3.63) is 5.82 Å². The van der Waals surface area contributed by atoms with Crippen LogP contribution in [-0.2, 0) is 13.1 Å². The number of aryl methyl sites for hydroxylation is 1. The lowest BCUT2D eigenvalue weighted by molar-refractivity contribution is 0.164. The maximum Gasteiger partial charge on any atom is 0.165 e. The van der Waals surface area contributed by atoms with Gasteiger partial charge >= 0.3 is 0 Å². The number of tetrazole rings is 1. The maximum atomic E-state index is 4.18. The molecule has 6 nitrogen and oxygen atoms in total. The molecule has 0 radical (unpaired) electrons. The molecule has 0 aliphatic heterocycles. The van der Waals surface area contributed by atoms with E-state index in [0.29, 0.717) is 12.1 Å². The van der Waals surface area contributed by atoms with E-state index in [-0.39, 0.29) is 0 Å². The molecule has 0 atom stereocenters. The van der Waals surface area contributed by atoms with Crippen LogP contribution in [0.1, 0.15) is 51.3 Å². The second-order valence-corrected chi connectivity index (χ2v) is 5.88. The summed E-state index contributed by atoms with van der Waals surface area (Å²) in [6.07, 6.45) is 7.37. The van der Waals surface area contributed by atoms with E-state index in [2.05, 4.69) is 46.8 Å². The van der Waals surface area contributed by atoms with Gasteiger partial charge in [-0.3, -0.25) is 4.90 Å². The summed E-state index contributed by atoms with van der Waals surface area (Å²) in [4.78, 5) is 2.42. The highest BCUT2D eigenvalue weighted by Gasteiger charge is 2.24. The van der Waals surface area contributed by atoms with Crippen molar-refractivity contribution in [3.8, 4) is 0 Å². The van der Waals surface area contributed by atoms with Crippen molar-refractivity contribution in [1.82, 2.24) is 30.4 Å². The molecule has 0 amide bonds. The fourth-order valence-corrected chi connectivity index (χ4v) is 2.98. The highest BCUT2D eigenvalue weighted by Crippen LogP contribution is 2.23. The lowest BCUT2D eigenvalue weighted by Crippen LogP contribution is -2.39. The van der Waals surface area contributed by atoms with Crippen LogP contribution in [0, 0.1) is 0 Å². The molecule has 1 fully saturated rings. The van der Waals surface area contributed by atoms with Crippen molar-refractivity contribution in [3.63, 3.8) is 0 Å². The highest BCUT2D eigenvalue weighted by molar-refractivity contribution is 4.86. The molecule has 6 heteroatoms. The van der Waals surface area contributed by atoms with Gasteiger partial charge in [0, 0.05) is 18.6 Å². The zero-order chi connectivity index (χ0) is 14.4. The van der Waals surface area contributed by atoms with E-state index in [1.807, 2.05) is 4.68 Å².